The molecule has 0 radical (unpaired) electrons. The van der Waals surface area contributed by atoms with Gasteiger partial charge >= 0.3 is 0 Å². The van der Waals surface area contributed by atoms with Gasteiger partial charge in [-0.3, -0.25) is 10.1 Å². The number of thiocarbonyl (C=S) groups is 1. The van der Waals surface area contributed by atoms with Crippen molar-refractivity contribution >= 4 is 35.0 Å². The maximum Gasteiger partial charge on any atom is 0.273 e. The van der Waals surface area contributed by atoms with Gasteiger partial charge in [0.1, 0.15) is 5.70 Å². The van der Waals surface area contributed by atoms with Crippen molar-refractivity contribution < 1.29 is 4.79 Å². The predicted octanol–water partition coefficient (Wildman–Crippen LogP) is 3.84. The number of carbonyl (C=O) groups is 1. The minimum atomic E-state index is -0.163. The Hall–Kier alpha value is -1.88. The van der Waals surface area contributed by atoms with Gasteiger partial charge in [0.05, 0.1) is 0 Å². The third-order valence-corrected chi connectivity index (χ3v) is 5.44. The number of benzene rings is 1. The molecule has 2 heterocycles. The summed E-state index contributed by atoms with van der Waals surface area (Å²) in [5.41, 5.74) is 5.63. The van der Waals surface area contributed by atoms with E-state index in [9.17, 15) is 4.79 Å². The van der Waals surface area contributed by atoms with Gasteiger partial charge < -0.3 is 10.2 Å². The maximum absolute atomic E-state index is 11.9. The van der Waals surface area contributed by atoms with E-state index in [-0.39, 0.29) is 11.4 Å². The molecule has 1 amide bonds. The van der Waals surface area contributed by atoms with E-state index in [4.69, 9.17) is 12.2 Å². The lowest BCUT2D eigenvalue weighted by molar-refractivity contribution is -0.115. The van der Waals surface area contributed by atoms with Crippen molar-refractivity contribution in [2.75, 3.05) is 11.4 Å². The molecule has 134 valence electrons. The van der Waals surface area contributed by atoms with Crippen LogP contribution in [-0.4, -0.2) is 23.1 Å². The minimum Gasteiger partial charge on any atom is -0.366 e. The number of aryl methyl sites for hydroxylation is 1. The van der Waals surface area contributed by atoms with Gasteiger partial charge in [-0.05, 0) is 86.6 Å². The van der Waals surface area contributed by atoms with Crippen LogP contribution < -0.4 is 15.5 Å². The quantitative estimate of drug-likeness (QED) is 0.637. The molecule has 0 saturated carbocycles. The van der Waals surface area contributed by atoms with Crippen molar-refractivity contribution in [3.63, 3.8) is 0 Å². The van der Waals surface area contributed by atoms with Crippen LogP contribution in [0.2, 0.25) is 0 Å². The Bertz CT molecular complexity index is 766. The number of hydrogen-bond acceptors (Lipinski definition) is 3. The smallest absolute Gasteiger partial charge is 0.273 e. The van der Waals surface area contributed by atoms with Crippen molar-refractivity contribution in [1.82, 2.24) is 10.6 Å². The van der Waals surface area contributed by atoms with E-state index in [0.717, 1.165) is 24.9 Å². The fourth-order valence-corrected chi connectivity index (χ4v) is 4.29. The molecule has 1 aromatic carbocycles. The molecular weight excluding hydrogens is 330 g/mol. The molecule has 0 spiro atoms. The first-order valence-electron chi connectivity index (χ1n) is 8.99. The Morgan fingerprint density at radius 2 is 2.08 bits per heavy atom. The van der Waals surface area contributed by atoms with E-state index in [1.807, 2.05) is 6.08 Å². The first-order chi connectivity index (χ1) is 11.7. The van der Waals surface area contributed by atoms with E-state index in [2.05, 4.69) is 62.3 Å². The molecular formula is C20H27N3OS. The molecule has 2 aliphatic heterocycles. The van der Waals surface area contributed by atoms with Crippen LogP contribution in [0.5, 0.6) is 0 Å². The van der Waals surface area contributed by atoms with Gasteiger partial charge in [0.2, 0.25) is 0 Å². The van der Waals surface area contributed by atoms with E-state index < -0.39 is 0 Å². The van der Waals surface area contributed by atoms with Crippen LogP contribution in [0.25, 0.3) is 6.08 Å². The number of amides is 1. The lowest BCUT2D eigenvalue weighted by Crippen LogP contribution is -2.48. The largest absolute Gasteiger partial charge is 0.366 e. The lowest BCUT2D eigenvalue weighted by atomic mass is 9.79. The van der Waals surface area contributed by atoms with Crippen molar-refractivity contribution in [1.29, 1.82) is 0 Å². The van der Waals surface area contributed by atoms with Crippen LogP contribution in [0, 0.1) is 6.92 Å². The van der Waals surface area contributed by atoms with E-state index in [0.29, 0.717) is 16.7 Å². The molecule has 0 aliphatic carbocycles. The summed E-state index contributed by atoms with van der Waals surface area (Å²) in [4.78, 5) is 14.5. The molecule has 4 nitrogen and oxygen atoms in total. The fraction of sp³-hybridized carbons (Fsp3) is 0.500. The van der Waals surface area contributed by atoms with Gasteiger partial charge in [-0.25, -0.2) is 0 Å². The SMILES string of the molecule is CCCN1c2cc(C)c(/C=C3\NC(=S)NC3=O)cc2C(C)CC1(C)C. The summed E-state index contributed by atoms with van der Waals surface area (Å²) in [7, 11) is 0. The maximum atomic E-state index is 11.9. The number of rotatable bonds is 3. The van der Waals surface area contributed by atoms with E-state index >= 15 is 0 Å². The molecule has 5 heteroatoms. The molecule has 1 aromatic rings. The molecule has 1 unspecified atom stereocenters. The normalized spacial score (nSPS) is 23.5. The Balaban J connectivity index is 2.07. The molecule has 0 aromatic heterocycles. The second-order valence-electron chi connectivity index (χ2n) is 7.80. The van der Waals surface area contributed by atoms with Gasteiger partial charge in [0.15, 0.2) is 5.11 Å². The van der Waals surface area contributed by atoms with Gasteiger partial charge in [-0.15, -0.1) is 0 Å². The molecule has 1 saturated heterocycles. The lowest BCUT2D eigenvalue weighted by Gasteiger charge is -2.48. The number of carbonyl (C=O) groups excluding carboxylic acids is 1. The van der Waals surface area contributed by atoms with Crippen LogP contribution in [-0.2, 0) is 4.79 Å². The van der Waals surface area contributed by atoms with Crippen molar-refractivity contribution in [2.24, 2.45) is 0 Å². The summed E-state index contributed by atoms with van der Waals surface area (Å²) in [6.45, 7) is 12.4. The Labute approximate surface area is 155 Å². The average molecular weight is 358 g/mol. The van der Waals surface area contributed by atoms with E-state index in [1.165, 1.54) is 16.8 Å². The van der Waals surface area contributed by atoms with Gasteiger partial charge in [-0.1, -0.05) is 13.8 Å². The summed E-state index contributed by atoms with van der Waals surface area (Å²) >= 11 is 5.02. The third-order valence-electron chi connectivity index (χ3n) is 5.24. The number of fused-ring (bicyclic) bond motifs is 1. The second kappa shape index (κ2) is 6.45. The molecule has 2 aliphatic rings. The first kappa shape index (κ1) is 17.9. The van der Waals surface area contributed by atoms with Crippen LogP contribution >= 0.6 is 12.2 Å². The first-order valence-corrected chi connectivity index (χ1v) is 9.40. The van der Waals surface area contributed by atoms with Gasteiger partial charge in [0, 0.05) is 17.8 Å². The van der Waals surface area contributed by atoms with Crippen LogP contribution in [0.1, 0.15) is 63.1 Å². The number of hydrogen-bond donors (Lipinski definition) is 2. The number of nitrogens with zero attached hydrogens (tertiary/aromatic N) is 1. The summed E-state index contributed by atoms with van der Waals surface area (Å²) in [5, 5.41) is 5.92. The fourth-order valence-electron chi connectivity index (χ4n) is 4.09. The van der Waals surface area contributed by atoms with E-state index in [1.54, 1.807) is 0 Å². The third kappa shape index (κ3) is 3.30. The molecule has 3 rings (SSSR count). The standard InChI is InChI=1S/C20H27N3OS/c1-6-7-23-17-8-12(2)14(10-16-18(24)22-19(25)21-16)9-15(17)13(3)11-20(23,4)5/h8-10,13H,6-7,11H2,1-5H3,(H2,21,22,24,25)/b16-10-. The van der Waals surface area contributed by atoms with Crippen molar-refractivity contribution in [3.8, 4) is 0 Å². The Kier molecular flexibility index (Phi) is 4.62. The summed E-state index contributed by atoms with van der Waals surface area (Å²) in [5.74, 6) is 0.325. The molecule has 0 bridgehead atoms. The Morgan fingerprint density at radius 3 is 2.68 bits per heavy atom. The zero-order valence-electron chi connectivity index (χ0n) is 15.7. The van der Waals surface area contributed by atoms with Crippen LogP contribution in [0.3, 0.4) is 0 Å². The van der Waals surface area contributed by atoms with Crippen molar-refractivity contribution in [3.05, 3.63) is 34.5 Å². The number of nitrogens with one attached hydrogen (secondary N) is 2. The van der Waals surface area contributed by atoms with Crippen molar-refractivity contribution in [2.45, 2.75) is 58.9 Å². The molecule has 1 atom stereocenters. The minimum absolute atomic E-state index is 0.161. The highest BCUT2D eigenvalue weighted by molar-refractivity contribution is 7.80. The monoisotopic (exact) mass is 357 g/mol. The topological polar surface area (TPSA) is 44.4 Å². The zero-order valence-corrected chi connectivity index (χ0v) is 16.5. The molecule has 25 heavy (non-hydrogen) atoms. The molecule has 1 fully saturated rings. The average Bonchev–Trinajstić information content (AvgIpc) is 2.82. The highest BCUT2D eigenvalue weighted by atomic mass is 32.1. The number of anilines is 1. The Morgan fingerprint density at radius 1 is 1.36 bits per heavy atom. The van der Waals surface area contributed by atoms with Gasteiger partial charge in [0.25, 0.3) is 5.91 Å². The summed E-state index contributed by atoms with van der Waals surface area (Å²) in [6.07, 6.45) is 4.16. The highest BCUT2D eigenvalue weighted by Gasteiger charge is 2.36. The zero-order chi connectivity index (χ0) is 18.4. The summed E-state index contributed by atoms with van der Waals surface area (Å²) in [6, 6.07) is 4.52. The van der Waals surface area contributed by atoms with Gasteiger partial charge in [-0.2, -0.15) is 0 Å². The van der Waals surface area contributed by atoms with Crippen LogP contribution in [0.4, 0.5) is 5.69 Å². The second-order valence-corrected chi connectivity index (χ2v) is 8.21. The summed E-state index contributed by atoms with van der Waals surface area (Å²) < 4.78 is 0. The molecule has 2 N–H and O–H groups in total. The predicted molar refractivity (Wildman–Crippen MR) is 108 cm³/mol. The highest BCUT2D eigenvalue weighted by Crippen LogP contribution is 2.44. The van der Waals surface area contributed by atoms with Crippen LogP contribution in [0.15, 0.2) is 17.8 Å².